The molecule has 0 aliphatic heterocycles. The van der Waals surface area contributed by atoms with Crippen LogP contribution < -0.4 is 4.74 Å². The van der Waals surface area contributed by atoms with E-state index in [1.165, 1.54) is 95.5 Å². The summed E-state index contributed by atoms with van der Waals surface area (Å²) in [6, 6.07) is 8.65. The highest BCUT2D eigenvalue weighted by molar-refractivity contribution is 5.78. The van der Waals surface area contributed by atoms with Gasteiger partial charge in [0.2, 0.25) is 0 Å². The van der Waals surface area contributed by atoms with E-state index in [1.807, 2.05) is 6.20 Å². The number of carbonyl (C=O) groups is 1. The average Bonchev–Trinajstić information content (AvgIpc) is 3.52. The van der Waals surface area contributed by atoms with Gasteiger partial charge in [-0.3, -0.25) is 4.79 Å². The van der Waals surface area contributed by atoms with E-state index in [-0.39, 0.29) is 0 Å². The number of carbonyl (C=O) groups excluding carboxylic acids is 1. The van der Waals surface area contributed by atoms with Crippen LogP contribution in [0.2, 0.25) is 0 Å². The van der Waals surface area contributed by atoms with E-state index >= 15 is 0 Å². The topological polar surface area (TPSA) is 55.0 Å². The second-order valence-electron chi connectivity index (χ2n) is 10.6. The normalized spacial score (nSPS) is 13.3. The second kappa shape index (κ2) is 17.3. The summed E-state index contributed by atoms with van der Waals surface area (Å²) in [6.45, 7) is 0.731. The van der Waals surface area contributed by atoms with Crippen molar-refractivity contribution in [1.29, 1.82) is 0 Å². The number of hydrogen-bond donors (Lipinski definition) is 1. The van der Waals surface area contributed by atoms with Crippen LogP contribution in [0.5, 0.6) is 5.75 Å². The van der Waals surface area contributed by atoms with Gasteiger partial charge in [0.05, 0.1) is 18.6 Å². The maximum absolute atomic E-state index is 11.7. The third-order valence-electron chi connectivity index (χ3n) is 7.21. The summed E-state index contributed by atoms with van der Waals surface area (Å²) in [6.07, 6.45) is 27.0. The molecule has 4 nitrogen and oxygen atoms in total. The molecule has 1 aliphatic carbocycles. The van der Waals surface area contributed by atoms with Crippen LogP contribution in [-0.2, 0) is 17.6 Å². The van der Waals surface area contributed by atoms with E-state index in [0.29, 0.717) is 5.78 Å². The number of H-pyrrole nitrogens is 1. The van der Waals surface area contributed by atoms with Crippen molar-refractivity contribution in [1.82, 2.24) is 9.97 Å². The summed E-state index contributed by atoms with van der Waals surface area (Å²) < 4.78 is 5.85. The lowest BCUT2D eigenvalue weighted by atomic mass is 10.0. The molecular weight excluding hydrogens is 432 g/mol. The zero-order valence-corrected chi connectivity index (χ0v) is 21.9. The lowest BCUT2D eigenvalue weighted by Gasteiger charge is -2.07. The molecule has 0 atom stereocenters. The number of aromatic nitrogens is 2. The highest BCUT2D eigenvalue weighted by Gasteiger charge is 2.23. The molecule has 1 aliphatic rings. The van der Waals surface area contributed by atoms with E-state index in [1.54, 1.807) is 6.33 Å². The number of nitrogens with zero attached hydrogens (tertiary/aromatic N) is 1. The molecule has 0 spiro atoms. The molecule has 1 fully saturated rings. The minimum atomic E-state index is 0.517. The number of Topliss-reactive ketones (excluding diaryl/α,β-unsaturated/α-hetero) is 1. The molecule has 194 valence electrons. The smallest absolute Gasteiger partial charge is 0.133 e. The Balaban J connectivity index is 1.05. The number of unbranched alkanes of at least 4 members (excludes halogenated alkanes) is 11. The van der Waals surface area contributed by atoms with Crippen molar-refractivity contribution >= 4 is 5.78 Å². The van der Waals surface area contributed by atoms with Crippen LogP contribution in [-0.4, -0.2) is 22.4 Å². The molecule has 3 rings (SSSR count). The molecule has 0 amide bonds. The Labute approximate surface area is 213 Å². The van der Waals surface area contributed by atoms with Gasteiger partial charge in [-0.2, -0.15) is 0 Å². The quantitative estimate of drug-likeness (QED) is 0.172. The molecule has 35 heavy (non-hydrogen) atoms. The lowest BCUT2D eigenvalue weighted by Crippen LogP contribution is -1.99. The Morgan fingerprint density at radius 3 is 2.03 bits per heavy atom. The summed E-state index contributed by atoms with van der Waals surface area (Å²) in [5.41, 5.74) is 2.51. The van der Waals surface area contributed by atoms with Gasteiger partial charge in [-0.25, -0.2) is 4.98 Å². The standard InChI is InChI=1S/C31H48N2O2/c34-30(24-28-17-18-28)16-12-10-8-6-4-2-1-3-5-7-9-11-14-27-19-21-31(22-20-27)35-23-13-15-29-25-32-26-33-29/h19-22,25-26,28H,1-18,23-24H2,(H,32,33). The van der Waals surface area contributed by atoms with Crippen molar-refractivity contribution in [2.45, 2.75) is 122 Å². The van der Waals surface area contributed by atoms with Crippen LogP contribution in [0.1, 0.15) is 120 Å². The molecule has 1 saturated carbocycles. The fourth-order valence-corrected chi connectivity index (χ4v) is 4.79. The minimum absolute atomic E-state index is 0.517. The Kier molecular flexibility index (Phi) is 13.6. The summed E-state index contributed by atoms with van der Waals surface area (Å²) in [7, 11) is 0. The molecule has 0 radical (unpaired) electrons. The zero-order chi connectivity index (χ0) is 24.4. The second-order valence-corrected chi connectivity index (χ2v) is 10.6. The molecular formula is C31H48N2O2. The average molecular weight is 481 g/mol. The van der Waals surface area contributed by atoms with E-state index in [9.17, 15) is 4.79 Å². The molecule has 2 aromatic rings. The first-order valence-corrected chi connectivity index (χ1v) is 14.5. The number of imidazole rings is 1. The van der Waals surface area contributed by atoms with Crippen molar-refractivity contribution in [3.8, 4) is 5.75 Å². The largest absolute Gasteiger partial charge is 0.494 e. The zero-order valence-electron chi connectivity index (χ0n) is 21.9. The van der Waals surface area contributed by atoms with Gasteiger partial charge in [-0.15, -0.1) is 0 Å². The van der Waals surface area contributed by atoms with Crippen molar-refractivity contribution in [3.05, 3.63) is 48.0 Å². The van der Waals surface area contributed by atoms with Crippen molar-refractivity contribution < 1.29 is 9.53 Å². The molecule has 1 aromatic heterocycles. The predicted octanol–water partition coefficient (Wildman–Crippen LogP) is 8.40. The first kappa shape index (κ1) is 27.5. The van der Waals surface area contributed by atoms with Gasteiger partial charge in [-0.1, -0.05) is 76.3 Å². The Hall–Kier alpha value is -2.10. The number of benzene rings is 1. The van der Waals surface area contributed by atoms with Crippen LogP contribution >= 0.6 is 0 Å². The van der Waals surface area contributed by atoms with Gasteiger partial charge in [-0.05, 0) is 68.6 Å². The van der Waals surface area contributed by atoms with Gasteiger partial charge in [0.25, 0.3) is 0 Å². The fraction of sp³-hybridized carbons (Fsp3) is 0.677. The number of hydrogen-bond acceptors (Lipinski definition) is 3. The number of ketones is 1. The van der Waals surface area contributed by atoms with Crippen LogP contribution in [0.15, 0.2) is 36.8 Å². The number of rotatable bonds is 22. The van der Waals surface area contributed by atoms with Gasteiger partial charge in [0.1, 0.15) is 11.5 Å². The maximum atomic E-state index is 11.7. The molecule has 1 heterocycles. The van der Waals surface area contributed by atoms with Crippen LogP contribution in [0.25, 0.3) is 0 Å². The Morgan fingerprint density at radius 1 is 0.800 bits per heavy atom. The van der Waals surface area contributed by atoms with Gasteiger partial charge >= 0.3 is 0 Å². The fourth-order valence-electron chi connectivity index (χ4n) is 4.79. The number of ether oxygens (including phenoxy) is 1. The van der Waals surface area contributed by atoms with Gasteiger partial charge in [0.15, 0.2) is 0 Å². The summed E-state index contributed by atoms with van der Waals surface area (Å²) in [5, 5.41) is 0. The molecule has 4 heteroatoms. The molecule has 0 unspecified atom stereocenters. The predicted molar refractivity (Wildman–Crippen MR) is 145 cm³/mol. The summed E-state index contributed by atoms with van der Waals surface area (Å²) >= 11 is 0. The Morgan fingerprint density at radius 2 is 1.43 bits per heavy atom. The summed E-state index contributed by atoms with van der Waals surface area (Å²) in [4.78, 5) is 19.0. The maximum Gasteiger partial charge on any atom is 0.133 e. The minimum Gasteiger partial charge on any atom is -0.494 e. The van der Waals surface area contributed by atoms with Crippen LogP contribution in [0.4, 0.5) is 0 Å². The number of nitrogens with one attached hydrogen (secondary N) is 1. The van der Waals surface area contributed by atoms with Crippen molar-refractivity contribution in [2.24, 2.45) is 5.92 Å². The monoisotopic (exact) mass is 480 g/mol. The lowest BCUT2D eigenvalue weighted by molar-refractivity contribution is -0.119. The van der Waals surface area contributed by atoms with E-state index in [4.69, 9.17) is 4.74 Å². The van der Waals surface area contributed by atoms with Crippen LogP contribution in [0.3, 0.4) is 0 Å². The van der Waals surface area contributed by atoms with Gasteiger partial charge < -0.3 is 9.72 Å². The first-order valence-electron chi connectivity index (χ1n) is 14.5. The molecule has 0 saturated heterocycles. The molecule has 1 aromatic carbocycles. The van der Waals surface area contributed by atoms with E-state index in [0.717, 1.165) is 56.1 Å². The number of aromatic amines is 1. The SMILES string of the molecule is O=C(CCCCCCCCCCCCCCc1ccc(OCCCc2c[nH]cn2)cc1)CC1CC1. The third kappa shape index (κ3) is 13.5. The first-order chi connectivity index (χ1) is 17.3. The number of aryl methyl sites for hydroxylation is 2. The highest BCUT2D eigenvalue weighted by Crippen LogP contribution is 2.33. The van der Waals surface area contributed by atoms with Crippen molar-refractivity contribution in [2.75, 3.05) is 6.61 Å². The Bertz CT molecular complexity index is 781. The van der Waals surface area contributed by atoms with E-state index in [2.05, 4.69) is 34.2 Å². The van der Waals surface area contributed by atoms with Crippen molar-refractivity contribution in [3.63, 3.8) is 0 Å². The van der Waals surface area contributed by atoms with E-state index < -0.39 is 0 Å². The van der Waals surface area contributed by atoms with Gasteiger partial charge in [0, 0.05) is 19.0 Å². The molecule has 0 bridgehead atoms. The summed E-state index contributed by atoms with van der Waals surface area (Å²) in [5.74, 6) is 2.24. The third-order valence-corrected chi connectivity index (χ3v) is 7.21. The van der Waals surface area contributed by atoms with Crippen LogP contribution in [0, 0.1) is 5.92 Å². The molecule has 1 N–H and O–H groups in total. The highest BCUT2D eigenvalue weighted by atomic mass is 16.5.